The zero-order valence-corrected chi connectivity index (χ0v) is 16.0. The summed E-state index contributed by atoms with van der Waals surface area (Å²) in [5, 5.41) is 0. The number of fused-ring (bicyclic) bond motifs is 1. The summed E-state index contributed by atoms with van der Waals surface area (Å²) < 4.78 is 5.52. The van der Waals surface area contributed by atoms with Crippen LogP contribution in [0.15, 0.2) is 54.6 Å². The van der Waals surface area contributed by atoms with Gasteiger partial charge in [0.05, 0.1) is 7.11 Å². The van der Waals surface area contributed by atoms with Gasteiger partial charge in [-0.3, -0.25) is 0 Å². The van der Waals surface area contributed by atoms with Crippen LogP contribution in [-0.2, 0) is 11.8 Å². The largest absolute Gasteiger partial charge is 0.497 e. The molecule has 2 fully saturated rings. The second kappa shape index (κ2) is 7.84. The Labute approximate surface area is 158 Å². The van der Waals surface area contributed by atoms with E-state index in [9.17, 15) is 0 Å². The smallest absolute Gasteiger partial charge is 0.119 e. The molecule has 4 rings (SSSR count). The van der Waals surface area contributed by atoms with Crippen molar-refractivity contribution in [3.05, 3.63) is 65.7 Å². The molecule has 0 amide bonds. The molecule has 0 bridgehead atoms. The molecule has 2 aromatic carbocycles. The van der Waals surface area contributed by atoms with Gasteiger partial charge < -0.3 is 9.64 Å². The van der Waals surface area contributed by atoms with Crippen molar-refractivity contribution >= 4 is 0 Å². The lowest BCUT2D eigenvalue weighted by molar-refractivity contribution is 0.0568. The predicted molar refractivity (Wildman–Crippen MR) is 108 cm³/mol. The lowest BCUT2D eigenvalue weighted by atomic mass is 9.59. The number of benzene rings is 2. The van der Waals surface area contributed by atoms with Gasteiger partial charge in [-0.05, 0) is 61.4 Å². The van der Waals surface area contributed by atoms with E-state index in [0.717, 1.165) is 11.7 Å². The first-order chi connectivity index (χ1) is 12.8. The van der Waals surface area contributed by atoms with Crippen LogP contribution in [0.5, 0.6) is 5.75 Å². The number of ether oxygens (including phenoxy) is 1. The number of hydrogen-bond acceptors (Lipinski definition) is 2. The molecule has 2 aliphatic rings. The van der Waals surface area contributed by atoms with E-state index >= 15 is 0 Å². The first kappa shape index (κ1) is 17.6. The van der Waals surface area contributed by atoms with Gasteiger partial charge in [-0.1, -0.05) is 55.3 Å². The average molecular weight is 350 g/mol. The SMILES string of the molecule is COc1cccc([C@@]23CCCC[C@H]2CN(CCc2ccccc2)CC3)c1. The molecule has 0 spiro atoms. The van der Waals surface area contributed by atoms with Crippen LogP contribution in [0.25, 0.3) is 0 Å². The van der Waals surface area contributed by atoms with Gasteiger partial charge in [0.25, 0.3) is 0 Å². The summed E-state index contributed by atoms with van der Waals surface area (Å²) in [4.78, 5) is 2.71. The fraction of sp³-hybridized carbons (Fsp3) is 0.500. The molecule has 0 aromatic heterocycles. The number of likely N-dealkylation sites (tertiary alicyclic amines) is 1. The monoisotopic (exact) mass is 349 g/mol. The standard InChI is InChI=1S/C24H31NO/c1-26-23-12-7-11-21(18-23)24-14-6-5-10-22(24)19-25(17-15-24)16-13-20-8-3-2-4-9-20/h2-4,7-9,11-12,18,22H,5-6,10,13-17,19H2,1H3/t22-,24-/m0/s1. The Balaban J connectivity index is 1.48. The maximum atomic E-state index is 5.52. The third-order valence-corrected chi connectivity index (χ3v) is 6.76. The summed E-state index contributed by atoms with van der Waals surface area (Å²) in [5.74, 6) is 1.79. The van der Waals surface area contributed by atoms with Gasteiger partial charge in [0.2, 0.25) is 0 Å². The molecule has 1 saturated heterocycles. The van der Waals surface area contributed by atoms with Gasteiger partial charge in [0.15, 0.2) is 0 Å². The maximum absolute atomic E-state index is 5.52. The maximum Gasteiger partial charge on any atom is 0.119 e. The van der Waals surface area contributed by atoms with Gasteiger partial charge >= 0.3 is 0 Å². The Kier molecular flexibility index (Phi) is 5.31. The summed E-state index contributed by atoms with van der Waals surface area (Å²) in [6.45, 7) is 3.67. The zero-order valence-electron chi connectivity index (χ0n) is 16.0. The van der Waals surface area contributed by atoms with Crippen LogP contribution in [0.4, 0.5) is 0 Å². The van der Waals surface area contributed by atoms with Crippen molar-refractivity contribution in [3.63, 3.8) is 0 Å². The number of hydrogen-bond donors (Lipinski definition) is 0. The molecule has 0 unspecified atom stereocenters. The molecule has 2 heteroatoms. The van der Waals surface area contributed by atoms with E-state index in [1.165, 1.54) is 69.3 Å². The molecule has 0 radical (unpaired) electrons. The van der Waals surface area contributed by atoms with Gasteiger partial charge in [-0.25, -0.2) is 0 Å². The highest BCUT2D eigenvalue weighted by Crippen LogP contribution is 2.49. The quantitative estimate of drug-likeness (QED) is 0.747. The second-order valence-electron chi connectivity index (χ2n) is 8.12. The molecule has 2 aromatic rings. The molecule has 0 N–H and O–H groups in total. The van der Waals surface area contributed by atoms with Crippen molar-refractivity contribution in [3.8, 4) is 5.75 Å². The summed E-state index contributed by atoms with van der Waals surface area (Å²) in [5.41, 5.74) is 3.35. The van der Waals surface area contributed by atoms with Gasteiger partial charge in [-0.15, -0.1) is 0 Å². The third-order valence-electron chi connectivity index (χ3n) is 6.76. The van der Waals surface area contributed by atoms with Crippen LogP contribution in [0.2, 0.25) is 0 Å². The van der Waals surface area contributed by atoms with Crippen LogP contribution in [0.1, 0.15) is 43.2 Å². The van der Waals surface area contributed by atoms with Crippen LogP contribution < -0.4 is 4.74 Å². The summed E-state index contributed by atoms with van der Waals surface area (Å²) in [6.07, 6.45) is 7.94. The van der Waals surface area contributed by atoms with Gasteiger partial charge in [0.1, 0.15) is 5.75 Å². The lowest BCUT2D eigenvalue weighted by Gasteiger charge is -2.51. The van der Waals surface area contributed by atoms with Crippen molar-refractivity contribution in [2.24, 2.45) is 5.92 Å². The van der Waals surface area contributed by atoms with E-state index in [1.807, 2.05) is 0 Å². The normalized spacial score (nSPS) is 26.3. The van der Waals surface area contributed by atoms with E-state index in [4.69, 9.17) is 4.74 Å². The molecule has 1 saturated carbocycles. The molecular weight excluding hydrogens is 318 g/mol. The fourth-order valence-electron chi connectivity index (χ4n) is 5.26. The zero-order chi connectivity index (χ0) is 17.8. The van der Waals surface area contributed by atoms with E-state index in [0.29, 0.717) is 5.41 Å². The van der Waals surface area contributed by atoms with E-state index in [1.54, 1.807) is 7.11 Å². The fourth-order valence-corrected chi connectivity index (χ4v) is 5.26. The van der Waals surface area contributed by atoms with Crippen LogP contribution in [0.3, 0.4) is 0 Å². The minimum Gasteiger partial charge on any atom is -0.497 e. The first-order valence-corrected chi connectivity index (χ1v) is 10.2. The molecule has 2 atom stereocenters. The van der Waals surface area contributed by atoms with E-state index in [-0.39, 0.29) is 0 Å². The average Bonchev–Trinajstić information content (AvgIpc) is 2.73. The van der Waals surface area contributed by atoms with Crippen molar-refractivity contribution in [1.29, 1.82) is 0 Å². The lowest BCUT2D eigenvalue weighted by Crippen LogP contribution is -2.51. The Morgan fingerprint density at radius 2 is 1.92 bits per heavy atom. The van der Waals surface area contributed by atoms with Crippen molar-refractivity contribution < 1.29 is 4.74 Å². The van der Waals surface area contributed by atoms with Gasteiger partial charge in [0, 0.05) is 18.5 Å². The van der Waals surface area contributed by atoms with Crippen molar-refractivity contribution in [2.45, 2.75) is 43.9 Å². The van der Waals surface area contributed by atoms with Crippen molar-refractivity contribution in [2.75, 3.05) is 26.7 Å². The Morgan fingerprint density at radius 1 is 1.04 bits per heavy atom. The molecule has 26 heavy (non-hydrogen) atoms. The molecule has 1 heterocycles. The van der Waals surface area contributed by atoms with E-state index in [2.05, 4.69) is 59.5 Å². The Morgan fingerprint density at radius 3 is 2.77 bits per heavy atom. The number of nitrogens with zero attached hydrogens (tertiary/aromatic N) is 1. The highest BCUT2D eigenvalue weighted by atomic mass is 16.5. The molecule has 1 aliphatic heterocycles. The van der Waals surface area contributed by atoms with Crippen LogP contribution in [-0.4, -0.2) is 31.6 Å². The number of methoxy groups -OCH3 is 1. The third kappa shape index (κ3) is 3.53. The predicted octanol–water partition coefficient (Wildman–Crippen LogP) is 5.07. The topological polar surface area (TPSA) is 12.5 Å². The number of rotatable bonds is 5. The van der Waals surface area contributed by atoms with Crippen LogP contribution >= 0.6 is 0 Å². The minimum atomic E-state index is 0.371. The highest BCUT2D eigenvalue weighted by molar-refractivity contribution is 5.35. The number of piperidine rings is 1. The summed E-state index contributed by atoms with van der Waals surface area (Å²) >= 11 is 0. The molecular formula is C24H31NO. The Hall–Kier alpha value is -1.80. The molecule has 1 aliphatic carbocycles. The molecule has 138 valence electrons. The second-order valence-corrected chi connectivity index (χ2v) is 8.12. The van der Waals surface area contributed by atoms with Crippen LogP contribution in [0, 0.1) is 5.92 Å². The van der Waals surface area contributed by atoms with Crippen molar-refractivity contribution in [1.82, 2.24) is 4.90 Å². The van der Waals surface area contributed by atoms with E-state index < -0.39 is 0 Å². The molecule has 2 nitrogen and oxygen atoms in total. The minimum absolute atomic E-state index is 0.371. The highest BCUT2D eigenvalue weighted by Gasteiger charge is 2.45. The first-order valence-electron chi connectivity index (χ1n) is 10.2. The summed E-state index contributed by atoms with van der Waals surface area (Å²) in [6, 6.07) is 19.8. The Bertz CT molecular complexity index is 713. The van der Waals surface area contributed by atoms with Gasteiger partial charge in [-0.2, -0.15) is 0 Å². The summed E-state index contributed by atoms with van der Waals surface area (Å²) in [7, 11) is 1.78.